The average Bonchev–Trinajstić information content (AvgIpc) is 2.46. The Kier molecular flexibility index (Phi) is 7.52. The predicted octanol–water partition coefficient (Wildman–Crippen LogP) is 2.62. The zero-order valence-electron chi connectivity index (χ0n) is 12.6. The van der Waals surface area contributed by atoms with Crippen LogP contribution in [0.4, 0.5) is 0 Å². The predicted molar refractivity (Wildman–Crippen MR) is 82.5 cm³/mol. The minimum atomic E-state index is -1.00. The Hall–Kier alpha value is -1.95. The number of carbonyl (C=O) groups is 2. The van der Waals surface area contributed by atoms with E-state index in [4.69, 9.17) is 26.2 Å². The number of rotatable bonds is 9. The molecule has 1 rings (SSSR count). The SMILES string of the molecule is CCOc1cc(CNC(=O)CCC(=O)O)cc(Cl)c1OCC. The highest BCUT2D eigenvalue weighted by Gasteiger charge is 2.13. The van der Waals surface area contributed by atoms with E-state index in [0.29, 0.717) is 29.7 Å². The van der Waals surface area contributed by atoms with Crippen LogP contribution in [0, 0.1) is 0 Å². The van der Waals surface area contributed by atoms with Crippen LogP contribution >= 0.6 is 11.6 Å². The molecule has 122 valence electrons. The molecule has 0 saturated carbocycles. The molecule has 0 atom stereocenters. The maximum atomic E-state index is 11.5. The van der Waals surface area contributed by atoms with Crippen LogP contribution in [0.5, 0.6) is 11.5 Å². The van der Waals surface area contributed by atoms with Crippen LogP contribution in [0.25, 0.3) is 0 Å². The molecule has 7 heteroatoms. The van der Waals surface area contributed by atoms with Crippen molar-refractivity contribution in [3.63, 3.8) is 0 Å². The summed E-state index contributed by atoms with van der Waals surface area (Å²) in [5.74, 6) is -0.332. The molecule has 1 aromatic rings. The monoisotopic (exact) mass is 329 g/mol. The van der Waals surface area contributed by atoms with Crippen molar-refractivity contribution in [1.29, 1.82) is 0 Å². The Morgan fingerprint density at radius 1 is 1.18 bits per heavy atom. The van der Waals surface area contributed by atoms with E-state index >= 15 is 0 Å². The molecule has 0 unspecified atom stereocenters. The zero-order valence-corrected chi connectivity index (χ0v) is 13.4. The minimum Gasteiger partial charge on any atom is -0.490 e. The summed E-state index contributed by atoms with van der Waals surface area (Å²) >= 11 is 6.17. The lowest BCUT2D eigenvalue weighted by Gasteiger charge is -2.14. The second-order valence-corrected chi connectivity index (χ2v) is 4.85. The molecule has 1 aromatic carbocycles. The summed E-state index contributed by atoms with van der Waals surface area (Å²) in [5, 5.41) is 11.6. The molecular weight excluding hydrogens is 310 g/mol. The molecule has 0 aliphatic rings. The topological polar surface area (TPSA) is 84.9 Å². The Morgan fingerprint density at radius 2 is 1.86 bits per heavy atom. The van der Waals surface area contributed by atoms with Gasteiger partial charge in [-0.25, -0.2) is 0 Å². The summed E-state index contributed by atoms with van der Waals surface area (Å²) in [6, 6.07) is 3.43. The largest absolute Gasteiger partial charge is 0.490 e. The van der Waals surface area contributed by atoms with Crippen LogP contribution in [-0.2, 0) is 16.1 Å². The second-order valence-electron chi connectivity index (χ2n) is 4.44. The smallest absolute Gasteiger partial charge is 0.303 e. The quantitative estimate of drug-likeness (QED) is 0.727. The van der Waals surface area contributed by atoms with Crippen molar-refractivity contribution < 1.29 is 24.2 Å². The molecule has 0 aliphatic heterocycles. The molecule has 0 aromatic heterocycles. The van der Waals surface area contributed by atoms with Crippen molar-refractivity contribution in [2.75, 3.05) is 13.2 Å². The Morgan fingerprint density at radius 3 is 2.45 bits per heavy atom. The fourth-order valence-corrected chi connectivity index (χ4v) is 2.07. The number of hydrogen-bond donors (Lipinski definition) is 2. The highest BCUT2D eigenvalue weighted by Crippen LogP contribution is 2.36. The van der Waals surface area contributed by atoms with Crippen LogP contribution in [0.3, 0.4) is 0 Å². The molecule has 0 aliphatic carbocycles. The molecule has 0 fully saturated rings. The zero-order chi connectivity index (χ0) is 16.5. The first-order valence-electron chi connectivity index (χ1n) is 7.04. The first-order valence-corrected chi connectivity index (χ1v) is 7.42. The van der Waals surface area contributed by atoms with Crippen LogP contribution in [0.2, 0.25) is 5.02 Å². The first-order chi connectivity index (χ1) is 10.5. The number of ether oxygens (including phenoxy) is 2. The van der Waals surface area contributed by atoms with Gasteiger partial charge < -0.3 is 19.9 Å². The number of carboxylic acid groups (broad SMARTS) is 1. The number of aliphatic carboxylic acids is 1. The number of halogens is 1. The number of carbonyl (C=O) groups excluding carboxylic acids is 1. The molecule has 22 heavy (non-hydrogen) atoms. The fraction of sp³-hybridized carbons (Fsp3) is 0.467. The van der Waals surface area contributed by atoms with E-state index in [-0.39, 0.29) is 25.3 Å². The Bertz CT molecular complexity index is 533. The standard InChI is InChI=1S/C15H20ClNO5/c1-3-21-12-8-10(7-11(16)15(12)22-4-2)9-17-13(18)5-6-14(19)20/h7-8H,3-6,9H2,1-2H3,(H,17,18)(H,19,20). The van der Waals surface area contributed by atoms with Crippen molar-refractivity contribution in [3.8, 4) is 11.5 Å². The normalized spacial score (nSPS) is 10.1. The third kappa shape index (κ3) is 5.81. The molecule has 0 heterocycles. The van der Waals surface area contributed by atoms with Crippen LogP contribution in [-0.4, -0.2) is 30.2 Å². The van der Waals surface area contributed by atoms with Gasteiger partial charge in [-0.3, -0.25) is 9.59 Å². The number of amides is 1. The van der Waals surface area contributed by atoms with Crippen LogP contribution in [0.1, 0.15) is 32.3 Å². The van der Waals surface area contributed by atoms with Gasteiger partial charge in [0.25, 0.3) is 0 Å². The molecule has 6 nitrogen and oxygen atoms in total. The van der Waals surface area contributed by atoms with Crippen molar-refractivity contribution in [1.82, 2.24) is 5.32 Å². The lowest BCUT2D eigenvalue weighted by atomic mass is 10.2. The van der Waals surface area contributed by atoms with Crippen molar-refractivity contribution in [2.24, 2.45) is 0 Å². The van der Waals surface area contributed by atoms with Gasteiger partial charge in [0.05, 0.1) is 24.7 Å². The molecular formula is C15H20ClNO5. The number of carboxylic acids is 1. The molecule has 0 radical (unpaired) electrons. The fourth-order valence-electron chi connectivity index (χ4n) is 1.78. The Labute approximate surface area is 134 Å². The van der Waals surface area contributed by atoms with E-state index in [1.807, 2.05) is 13.8 Å². The van der Waals surface area contributed by atoms with Gasteiger partial charge in [0.2, 0.25) is 5.91 Å². The van der Waals surface area contributed by atoms with Gasteiger partial charge in [-0.15, -0.1) is 0 Å². The maximum Gasteiger partial charge on any atom is 0.303 e. The van der Waals surface area contributed by atoms with Gasteiger partial charge in [0.15, 0.2) is 11.5 Å². The third-order valence-corrected chi connectivity index (χ3v) is 2.99. The summed E-state index contributed by atoms with van der Waals surface area (Å²) in [6.45, 7) is 4.87. The van der Waals surface area contributed by atoms with Crippen molar-refractivity contribution in [3.05, 3.63) is 22.7 Å². The van der Waals surface area contributed by atoms with Gasteiger partial charge >= 0.3 is 5.97 Å². The molecule has 1 amide bonds. The van der Waals surface area contributed by atoms with Gasteiger partial charge in [-0.05, 0) is 31.5 Å². The highest BCUT2D eigenvalue weighted by molar-refractivity contribution is 6.32. The van der Waals surface area contributed by atoms with Crippen LogP contribution < -0.4 is 14.8 Å². The van der Waals surface area contributed by atoms with E-state index in [9.17, 15) is 9.59 Å². The molecule has 0 saturated heterocycles. The second kappa shape index (κ2) is 9.15. The van der Waals surface area contributed by atoms with E-state index in [1.54, 1.807) is 12.1 Å². The molecule has 0 spiro atoms. The van der Waals surface area contributed by atoms with Gasteiger partial charge in [0, 0.05) is 13.0 Å². The minimum absolute atomic E-state index is 0.0571. The lowest BCUT2D eigenvalue weighted by molar-refractivity contribution is -0.138. The summed E-state index contributed by atoms with van der Waals surface area (Å²) in [6.07, 6.45) is -0.252. The van der Waals surface area contributed by atoms with Gasteiger partial charge in [0.1, 0.15) is 0 Å². The number of benzene rings is 1. The molecule has 0 bridgehead atoms. The van der Waals surface area contributed by atoms with Crippen LogP contribution in [0.15, 0.2) is 12.1 Å². The summed E-state index contributed by atoms with van der Waals surface area (Å²) in [7, 11) is 0. The number of nitrogens with one attached hydrogen (secondary N) is 1. The molecule has 2 N–H and O–H groups in total. The lowest BCUT2D eigenvalue weighted by Crippen LogP contribution is -2.23. The van der Waals surface area contributed by atoms with E-state index in [2.05, 4.69) is 5.32 Å². The highest BCUT2D eigenvalue weighted by atomic mass is 35.5. The van der Waals surface area contributed by atoms with Crippen molar-refractivity contribution >= 4 is 23.5 Å². The Balaban J connectivity index is 2.74. The average molecular weight is 330 g/mol. The van der Waals surface area contributed by atoms with Gasteiger partial charge in [-0.2, -0.15) is 0 Å². The summed E-state index contributed by atoms with van der Waals surface area (Å²) < 4.78 is 11.0. The summed E-state index contributed by atoms with van der Waals surface area (Å²) in [4.78, 5) is 21.9. The first kappa shape index (κ1) is 18.1. The van der Waals surface area contributed by atoms with E-state index in [0.717, 1.165) is 5.56 Å². The number of hydrogen-bond acceptors (Lipinski definition) is 4. The van der Waals surface area contributed by atoms with Gasteiger partial charge in [-0.1, -0.05) is 11.6 Å². The third-order valence-electron chi connectivity index (χ3n) is 2.71. The van der Waals surface area contributed by atoms with E-state index in [1.165, 1.54) is 0 Å². The maximum absolute atomic E-state index is 11.5. The van der Waals surface area contributed by atoms with E-state index < -0.39 is 5.97 Å². The van der Waals surface area contributed by atoms with Crippen molar-refractivity contribution in [2.45, 2.75) is 33.2 Å². The summed E-state index contributed by atoms with van der Waals surface area (Å²) in [5.41, 5.74) is 0.751.